The fourth-order valence-corrected chi connectivity index (χ4v) is 2.71. The molecule has 1 saturated heterocycles. The molecule has 1 atom stereocenters. The Morgan fingerprint density at radius 1 is 1.32 bits per heavy atom. The van der Waals surface area contributed by atoms with Gasteiger partial charge in [-0.1, -0.05) is 13.8 Å². The fraction of sp³-hybridized carbons (Fsp3) is 0.867. The molecule has 22 heavy (non-hydrogen) atoms. The van der Waals surface area contributed by atoms with Crippen LogP contribution < -0.4 is 10.6 Å². The molecule has 0 aromatic carbocycles. The lowest BCUT2D eigenvalue weighted by atomic mass is 9.91. The van der Waals surface area contributed by atoms with Crippen molar-refractivity contribution in [1.82, 2.24) is 20.4 Å². The van der Waals surface area contributed by atoms with E-state index in [1.807, 2.05) is 18.9 Å². The maximum absolute atomic E-state index is 12.0. The molecule has 7 heteroatoms. The molecule has 3 amide bonds. The average molecular weight is 314 g/mol. The number of urea groups is 1. The summed E-state index contributed by atoms with van der Waals surface area (Å²) in [5.41, 5.74) is 0.0493. The summed E-state index contributed by atoms with van der Waals surface area (Å²) in [5, 5.41) is 4.70. The van der Waals surface area contributed by atoms with E-state index in [2.05, 4.69) is 29.4 Å². The number of hydrogen-bond acceptors (Lipinski definition) is 5. The van der Waals surface area contributed by atoms with Gasteiger partial charge in [-0.25, -0.2) is 4.79 Å². The Morgan fingerprint density at radius 3 is 2.45 bits per heavy atom. The van der Waals surface area contributed by atoms with Crippen molar-refractivity contribution in [2.75, 3.05) is 53.5 Å². The monoisotopic (exact) mass is 314 g/mol. The van der Waals surface area contributed by atoms with Gasteiger partial charge in [0.25, 0.3) is 0 Å². The minimum Gasteiger partial charge on any atom is -0.379 e. The van der Waals surface area contributed by atoms with Crippen molar-refractivity contribution in [3.8, 4) is 0 Å². The first-order valence-electron chi connectivity index (χ1n) is 7.78. The van der Waals surface area contributed by atoms with Crippen LogP contribution in [-0.4, -0.2) is 81.3 Å². The highest BCUT2D eigenvalue weighted by molar-refractivity contribution is 5.96. The Hall–Kier alpha value is -1.18. The van der Waals surface area contributed by atoms with Crippen LogP contribution in [0.4, 0.5) is 4.79 Å². The zero-order chi connectivity index (χ0) is 16.8. The lowest BCUT2D eigenvalue weighted by Gasteiger charge is -2.38. The number of imide groups is 1. The van der Waals surface area contributed by atoms with Gasteiger partial charge in [0.2, 0.25) is 5.91 Å². The first-order valence-corrected chi connectivity index (χ1v) is 7.78. The number of ether oxygens (including phenoxy) is 1. The molecule has 0 saturated carbocycles. The van der Waals surface area contributed by atoms with Crippen molar-refractivity contribution in [2.24, 2.45) is 5.41 Å². The second-order valence-corrected chi connectivity index (χ2v) is 6.71. The zero-order valence-corrected chi connectivity index (χ0v) is 14.4. The molecule has 0 spiro atoms. The van der Waals surface area contributed by atoms with E-state index in [1.54, 1.807) is 0 Å². The molecule has 0 aromatic heterocycles. The van der Waals surface area contributed by atoms with Gasteiger partial charge in [0.05, 0.1) is 19.3 Å². The predicted octanol–water partition coefficient (Wildman–Crippen LogP) is 0.121. The van der Waals surface area contributed by atoms with Crippen LogP contribution in [0.1, 0.15) is 20.8 Å². The highest BCUT2D eigenvalue weighted by Crippen LogP contribution is 2.20. The van der Waals surface area contributed by atoms with Crippen LogP contribution in [0.2, 0.25) is 0 Å². The summed E-state index contributed by atoms with van der Waals surface area (Å²) in [4.78, 5) is 27.6. The molecule has 0 bridgehead atoms. The third-order valence-corrected chi connectivity index (χ3v) is 3.94. The van der Waals surface area contributed by atoms with Gasteiger partial charge in [0.15, 0.2) is 0 Å². The number of nitrogens with one attached hydrogen (secondary N) is 2. The van der Waals surface area contributed by atoms with Gasteiger partial charge in [-0.3, -0.25) is 19.9 Å². The molecular formula is C15H30N4O3. The molecule has 0 aliphatic carbocycles. The number of amides is 3. The summed E-state index contributed by atoms with van der Waals surface area (Å²) in [7, 11) is 3.40. The third-order valence-electron chi connectivity index (χ3n) is 3.94. The Bertz CT molecular complexity index is 381. The maximum Gasteiger partial charge on any atom is 0.321 e. The fourth-order valence-electron chi connectivity index (χ4n) is 2.71. The number of likely N-dealkylation sites (N-methyl/N-ethyl adjacent to an activating group) is 1. The van der Waals surface area contributed by atoms with Crippen LogP contribution in [0, 0.1) is 5.41 Å². The SMILES string of the molecule is CNC(=O)NC(=O)[C@H](C)N(C)CC(C)(C)CN1CCOCC1. The number of carbonyl (C=O) groups excluding carboxylic acids is 2. The molecule has 1 fully saturated rings. The van der Waals surface area contributed by atoms with E-state index in [0.717, 1.165) is 39.4 Å². The maximum atomic E-state index is 12.0. The average Bonchev–Trinajstić information content (AvgIpc) is 2.46. The van der Waals surface area contributed by atoms with E-state index >= 15 is 0 Å². The number of morpholine rings is 1. The topological polar surface area (TPSA) is 73.9 Å². The van der Waals surface area contributed by atoms with Crippen molar-refractivity contribution in [2.45, 2.75) is 26.8 Å². The largest absolute Gasteiger partial charge is 0.379 e. The van der Waals surface area contributed by atoms with Crippen LogP contribution in [0.3, 0.4) is 0 Å². The van der Waals surface area contributed by atoms with Crippen molar-refractivity contribution in [3.05, 3.63) is 0 Å². The van der Waals surface area contributed by atoms with Gasteiger partial charge in [-0.2, -0.15) is 0 Å². The second-order valence-electron chi connectivity index (χ2n) is 6.71. The molecule has 1 aliphatic heterocycles. The van der Waals surface area contributed by atoms with E-state index in [4.69, 9.17) is 4.74 Å². The molecule has 128 valence electrons. The Labute approximate surface area is 133 Å². The third kappa shape index (κ3) is 6.29. The van der Waals surface area contributed by atoms with Crippen LogP contribution >= 0.6 is 0 Å². The van der Waals surface area contributed by atoms with E-state index < -0.39 is 6.03 Å². The summed E-state index contributed by atoms with van der Waals surface area (Å²) in [6.45, 7) is 11.4. The first-order chi connectivity index (χ1) is 10.2. The quantitative estimate of drug-likeness (QED) is 0.728. The van der Waals surface area contributed by atoms with Gasteiger partial charge in [-0.05, 0) is 19.4 Å². The molecule has 0 unspecified atom stereocenters. The van der Waals surface area contributed by atoms with Crippen LogP contribution in [-0.2, 0) is 9.53 Å². The normalized spacial score (nSPS) is 18.1. The molecule has 2 N–H and O–H groups in total. The van der Waals surface area contributed by atoms with E-state index in [9.17, 15) is 9.59 Å². The Balaban J connectivity index is 2.48. The van der Waals surface area contributed by atoms with E-state index in [1.165, 1.54) is 7.05 Å². The summed E-state index contributed by atoms with van der Waals surface area (Å²) >= 11 is 0. The smallest absolute Gasteiger partial charge is 0.321 e. The summed E-state index contributed by atoms with van der Waals surface area (Å²) in [6.07, 6.45) is 0. The lowest BCUT2D eigenvalue weighted by molar-refractivity contribution is -0.124. The summed E-state index contributed by atoms with van der Waals surface area (Å²) < 4.78 is 5.37. The number of hydrogen-bond donors (Lipinski definition) is 2. The van der Waals surface area contributed by atoms with Crippen LogP contribution in [0.5, 0.6) is 0 Å². The first kappa shape index (κ1) is 18.9. The molecule has 1 heterocycles. The number of rotatable bonds is 6. The Morgan fingerprint density at radius 2 is 1.91 bits per heavy atom. The standard InChI is InChI=1S/C15H30N4O3/c1-12(13(20)17-14(21)16-4)18(5)10-15(2,3)11-19-6-8-22-9-7-19/h12H,6-11H2,1-5H3,(H2,16,17,20,21)/t12-/m0/s1. The highest BCUT2D eigenvalue weighted by Gasteiger charge is 2.28. The van der Waals surface area contributed by atoms with Crippen LogP contribution in [0.25, 0.3) is 0 Å². The molecule has 0 radical (unpaired) electrons. The van der Waals surface area contributed by atoms with Gasteiger partial charge >= 0.3 is 6.03 Å². The van der Waals surface area contributed by atoms with Gasteiger partial charge in [-0.15, -0.1) is 0 Å². The molecule has 0 aromatic rings. The van der Waals surface area contributed by atoms with E-state index in [-0.39, 0.29) is 17.4 Å². The van der Waals surface area contributed by atoms with E-state index in [0.29, 0.717) is 0 Å². The lowest BCUT2D eigenvalue weighted by Crippen LogP contribution is -2.51. The van der Waals surface area contributed by atoms with Crippen molar-refractivity contribution < 1.29 is 14.3 Å². The minimum atomic E-state index is -0.474. The van der Waals surface area contributed by atoms with Crippen molar-refractivity contribution >= 4 is 11.9 Å². The molecular weight excluding hydrogens is 284 g/mol. The highest BCUT2D eigenvalue weighted by atomic mass is 16.5. The molecule has 1 aliphatic rings. The van der Waals surface area contributed by atoms with Gasteiger partial charge in [0, 0.05) is 33.2 Å². The zero-order valence-electron chi connectivity index (χ0n) is 14.4. The number of carbonyl (C=O) groups is 2. The summed E-state index contributed by atoms with van der Waals surface area (Å²) in [6, 6.07) is -0.834. The number of nitrogens with zero attached hydrogens (tertiary/aromatic N) is 2. The van der Waals surface area contributed by atoms with Gasteiger partial charge in [0.1, 0.15) is 0 Å². The van der Waals surface area contributed by atoms with Crippen LogP contribution in [0.15, 0.2) is 0 Å². The van der Waals surface area contributed by atoms with Crippen molar-refractivity contribution in [3.63, 3.8) is 0 Å². The van der Waals surface area contributed by atoms with Crippen molar-refractivity contribution in [1.29, 1.82) is 0 Å². The molecule has 7 nitrogen and oxygen atoms in total. The van der Waals surface area contributed by atoms with Gasteiger partial charge < -0.3 is 10.1 Å². The predicted molar refractivity (Wildman–Crippen MR) is 85.7 cm³/mol. The summed E-state index contributed by atoms with van der Waals surface area (Å²) in [5.74, 6) is -0.288. The molecule has 1 rings (SSSR count). The second kappa shape index (κ2) is 8.45. The minimum absolute atomic E-state index is 0.0493. The Kier molecular flexibility index (Phi) is 7.25.